The van der Waals surface area contributed by atoms with Gasteiger partial charge in [0.2, 0.25) is 18.3 Å². The molecular formula is C28H38O14. The second-order valence-corrected chi connectivity index (χ2v) is 10.1. The van der Waals surface area contributed by atoms with Crippen molar-refractivity contribution >= 4 is 0 Å². The van der Waals surface area contributed by atoms with Gasteiger partial charge in [0.25, 0.3) is 0 Å². The second kappa shape index (κ2) is 14.1. The number of benzene rings is 2. The molecular weight excluding hydrogens is 560 g/mol. The standard InChI is InChI=1S/C28H38O14/c1-37-15-7-5-13(6-8-15)3-4-14-9-16(39-27-24(35)22(33)20(31)18(11-29)41-27)26(38-2)17(10-14)40-28-25(36)23(34)21(32)19(12-30)42-28/h5-10,18-25,27-36H,3-4,11-12H2,1-2H3/t18-,19-,20-,21-,22+,23+,24-,25-,27-,28-/m1/s1. The van der Waals surface area contributed by atoms with Gasteiger partial charge in [-0.25, -0.2) is 0 Å². The van der Waals surface area contributed by atoms with E-state index in [0.717, 1.165) is 5.56 Å². The minimum Gasteiger partial charge on any atom is -0.497 e. The quantitative estimate of drug-likeness (QED) is 0.138. The zero-order valence-corrected chi connectivity index (χ0v) is 23.1. The highest BCUT2D eigenvalue weighted by molar-refractivity contribution is 5.54. The van der Waals surface area contributed by atoms with E-state index in [2.05, 4.69) is 0 Å². The molecule has 0 spiro atoms. The van der Waals surface area contributed by atoms with Gasteiger partial charge in [0, 0.05) is 0 Å². The fraction of sp³-hybridized carbons (Fsp3) is 0.571. The molecule has 2 aliphatic heterocycles. The molecule has 42 heavy (non-hydrogen) atoms. The van der Waals surface area contributed by atoms with Gasteiger partial charge in [-0.2, -0.15) is 0 Å². The van der Waals surface area contributed by atoms with Gasteiger partial charge in [0.05, 0.1) is 27.4 Å². The van der Waals surface area contributed by atoms with Crippen LogP contribution in [0.15, 0.2) is 36.4 Å². The summed E-state index contributed by atoms with van der Waals surface area (Å²) in [6.07, 6.45) is -14.5. The molecule has 0 radical (unpaired) electrons. The largest absolute Gasteiger partial charge is 0.497 e. The first-order valence-corrected chi connectivity index (χ1v) is 13.4. The molecule has 2 fully saturated rings. The third-order valence-electron chi connectivity index (χ3n) is 7.33. The Kier molecular flexibility index (Phi) is 10.8. The number of aliphatic hydroxyl groups excluding tert-OH is 8. The highest BCUT2D eigenvalue weighted by Crippen LogP contribution is 2.42. The summed E-state index contributed by atoms with van der Waals surface area (Å²) in [7, 11) is 2.87. The van der Waals surface area contributed by atoms with Crippen LogP contribution in [0.4, 0.5) is 0 Å². The number of aryl methyl sites for hydroxylation is 2. The van der Waals surface area contributed by atoms with Gasteiger partial charge >= 0.3 is 0 Å². The lowest BCUT2D eigenvalue weighted by Crippen LogP contribution is -2.60. The van der Waals surface area contributed by atoms with E-state index < -0.39 is 74.6 Å². The van der Waals surface area contributed by atoms with E-state index in [0.29, 0.717) is 24.2 Å². The summed E-state index contributed by atoms with van der Waals surface area (Å²) in [6, 6.07) is 10.6. The molecule has 14 nitrogen and oxygen atoms in total. The van der Waals surface area contributed by atoms with Gasteiger partial charge in [-0.3, -0.25) is 0 Å². The summed E-state index contributed by atoms with van der Waals surface area (Å²) in [4.78, 5) is 0. The normalized spacial score (nSPS) is 33.2. The van der Waals surface area contributed by atoms with Gasteiger partial charge in [-0.05, 0) is 48.2 Å². The highest BCUT2D eigenvalue weighted by atomic mass is 16.7. The number of rotatable bonds is 11. The molecule has 10 atom stereocenters. The molecule has 2 aliphatic rings. The van der Waals surface area contributed by atoms with Gasteiger partial charge in [-0.1, -0.05) is 12.1 Å². The lowest BCUT2D eigenvalue weighted by Gasteiger charge is -2.40. The van der Waals surface area contributed by atoms with E-state index in [1.807, 2.05) is 24.3 Å². The van der Waals surface area contributed by atoms with Gasteiger partial charge in [0.15, 0.2) is 11.5 Å². The molecule has 0 unspecified atom stereocenters. The van der Waals surface area contributed by atoms with Crippen LogP contribution in [-0.4, -0.2) is 130 Å². The van der Waals surface area contributed by atoms with E-state index in [-0.39, 0.29) is 17.2 Å². The zero-order valence-electron chi connectivity index (χ0n) is 23.1. The maximum absolute atomic E-state index is 10.5. The summed E-state index contributed by atoms with van der Waals surface area (Å²) >= 11 is 0. The number of methoxy groups -OCH3 is 2. The van der Waals surface area contributed by atoms with Crippen molar-refractivity contribution in [3.63, 3.8) is 0 Å². The van der Waals surface area contributed by atoms with E-state index in [1.165, 1.54) is 7.11 Å². The summed E-state index contributed by atoms with van der Waals surface area (Å²) in [5.74, 6) is 0.619. The van der Waals surface area contributed by atoms with Crippen LogP contribution >= 0.6 is 0 Å². The van der Waals surface area contributed by atoms with Crippen molar-refractivity contribution < 1.29 is 69.3 Å². The molecule has 2 saturated heterocycles. The average molecular weight is 599 g/mol. The number of aliphatic hydroxyl groups is 8. The van der Waals surface area contributed by atoms with Crippen LogP contribution < -0.4 is 18.9 Å². The van der Waals surface area contributed by atoms with Crippen molar-refractivity contribution in [2.45, 2.75) is 74.3 Å². The first-order chi connectivity index (χ1) is 20.1. The molecule has 0 aliphatic carbocycles. The summed E-state index contributed by atoms with van der Waals surface area (Å²) < 4.78 is 33.5. The Morgan fingerprint density at radius 1 is 0.595 bits per heavy atom. The molecule has 0 saturated carbocycles. The lowest BCUT2D eigenvalue weighted by molar-refractivity contribution is -0.279. The van der Waals surface area contributed by atoms with Gasteiger partial charge in [-0.15, -0.1) is 0 Å². The Morgan fingerprint density at radius 2 is 1.05 bits per heavy atom. The molecule has 2 aromatic carbocycles. The zero-order chi connectivity index (χ0) is 30.6. The predicted molar refractivity (Wildman–Crippen MR) is 142 cm³/mol. The minimum absolute atomic E-state index is 0.0198. The Balaban J connectivity index is 1.66. The number of ether oxygens (including phenoxy) is 6. The molecule has 4 rings (SSSR count). The monoisotopic (exact) mass is 598 g/mol. The topological polar surface area (TPSA) is 217 Å². The first kappa shape index (κ1) is 32.2. The van der Waals surface area contributed by atoms with Crippen molar-refractivity contribution in [1.82, 2.24) is 0 Å². The first-order valence-electron chi connectivity index (χ1n) is 13.4. The molecule has 0 aromatic heterocycles. The van der Waals surface area contributed by atoms with Gasteiger partial charge in [0.1, 0.15) is 54.6 Å². The van der Waals surface area contributed by atoms with Crippen LogP contribution in [0.2, 0.25) is 0 Å². The molecule has 234 valence electrons. The Morgan fingerprint density at radius 3 is 1.45 bits per heavy atom. The van der Waals surface area contributed by atoms with E-state index in [4.69, 9.17) is 28.4 Å². The molecule has 14 heteroatoms. The summed E-state index contributed by atoms with van der Waals surface area (Å²) in [5.41, 5.74) is 1.62. The molecule has 2 heterocycles. The van der Waals surface area contributed by atoms with Crippen LogP contribution in [0.25, 0.3) is 0 Å². The van der Waals surface area contributed by atoms with Crippen molar-refractivity contribution in [2.24, 2.45) is 0 Å². The predicted octanol–water partition coefficient (Wildman–Crippen LogP) is -2.15. The lowest BCUT2D eigenvalue weighted by atomic mass is 9.99. The van der Waals surface area contributed by atoms with Crippen LogP contribution in [-0.2, 0) is 22.3 Å². The van der Waals surface area contributed by atoms with Crippen molar-refractivity contribution in [3.8, 4) is 23.0 Å². The SMILES string of the molecule is COc1ccc(CCc2cc(O[C@@H]3O[C@H](CO)[C@@H](O)[C@H](O)[C@H]3O)c(OC)c(O[C@@H]3O[C@H](CO)[C@@H](O)[C@H](O)[C@H]3O)c2)cc1. The smallest absolute Gasteiger partial charge is 0.229 e. The molecule has 0 bridgehead atoms. The fourth-order valence-electron chi connectivity index (χ4n) is 4.81. The maximum atomic E-state index is 10.5. The molecule has 8 N–H and O–H groups in total. The summed E-state index contributed by atoms with van der Waals surface area (Å²) in [5, 5.41) is 80.9. The third-order valence-corrected chi connectivity index (χ3v) is 7.33. The maximum Gasteiger partial charge on any atom is 0.229 e. The van der Waals surface area contributed by atoms with Crippen molar-refractivity contribution in [1.29, 1.82) is 0 Å². The highest BCUT2D eigenvalue weighted by Gasteiger charge is 2.46. The second-order valence-electron chi connectivity index (χ2n) is 10.1. The Hall–Kier alpha value is -2.76. The Labute approximate surface area is 241 Å². The molecule has 2 aromatic rings. The van der Waals surface area contributed by atoms with Crippen LogP contribution in [0.3, 0.4) is 0 Å². The van der Waals surface area contributed by atoms with E-state index >= 15 is 0 Å². The van der Waals surface area contributed by atoms with Crippen LogP contribution in [0.5, 0.6) is 23.0 Å². The van der Waals surface area contributed by atoms with Crippen LogP contribution in [0.1, 0.15) is 11.1 Å². The van der Waals surface area contributed by atoms with Crippen molar-refractivity contribution in [3.05, 3.63) is 47.5 Å². The van der Waals surface area contributed by atoms with E-state index in [1.54, 1.807) is 19.2 Å². The number of hydrogen-bond donors (Lipinski definition) is 8. The van der Waals surface area contributed by atoms with Gasteiger partial charge < -0.3 is 69.3 Å². The molecule has 0 amide bonds. The average Bonchev–Trinajstić information content (AvgIpc) is 3.00. The summed E-state index contributed by atoms with van der Waals surface area (Å²) in [6.45, 7) is -1.31. The van der Waals surface area contributed by atoms with E-state index in [9.17, 15) is 40.9 Å². The Bertz CT molecular complexity index is 1080. The minimum atomic E-state index is -1.70. The number of hydrogen-bond acceptors (Lipinski definition) is 14. The van der Waals surface area contributed by atoms with Crippen LogP contribution in [0, 0.1) is 0 Å². The fourth-order valence-corrected chi connectivity index (χ4v) is 4.81. The van der Waals surface area contributed by atoms with Crippen molar-refractivity contribution in [2.75, 3.05) is 27.4 Å². The third kappa shape index (κ3) is 6.89.